The minimum Gasteiger partial charge on any atom is -0.449 e. The molecule has 2 N–H and O–H groups in total. The van der Waals surface area contributed by atoms with Crippen LogP contribution in [0.5, 0.6) is 0 Å². The molecule has 0 saturated carbocycles. The summed E-state index contributed by atoms with van der Waals surface area (Å²) in [6, 6.07) is 9.49. The second-order valence-electron chi connectivity index (χ2n) is 5.71. The number of anilines is 2. The maximum atomic E-state index is 12.3. The van der Waals surface area contributed by atoms with E-state index in [1.807, 2.05) is 0 Å². The lowest BCUT2D eigenvalue weighted by Crippen LogP contribution is -2.30. The van der Waals surface area contributed by atoms with Crippen molar-refractivity contribution in [3.05, 3.63) is 52.0 Å². The van der Waals surface area contributed by atoms with Crippen molar-refractivity contribution < 1.29 is 19.1 Å². The highest BCUT2D eigenvalue weighted by Gasteiger charge is 2.22. The summed E-state index contributed by atoms with van der Waals surface area (Å²) in [6.45, 7) is 1.45. The summed E-state index contributed by atoms with van der Waals surface area (Å²) < 4.78 is 5.21. The van der Waals surface area contributed by atoms with Crippen molar-refractivity contribution in [2.75, 3.05) is 16.4 Å². The van der Waals surface area contributed by atoms with Crippen molar-refractivity contribution in [3.8, 4) is 0 Å². The van der Waals surface area contributed by atoms with Crippen LogP contribution in [0.4, 0.5) is 11.4 Å². The van der Waals surface area contributed by atoms with Crippen LogP contribution >= 0.6 is 35.0 Å². The lowest BCUT2D eigenvalue weighted by Gasteiger charge is -2.18. The molecule has 0 saturated heterocycles. The van der Waals surface area contributed by atoms with Gasteiger partial charge in [-0.15, -0.1) is 11.8 Å². The zero-order chi connectivity index (χ0) is 19.6. The number of halogens is 2. The summed E-state index contributed by atoms with van der Waals surface area (Å²) in [4.78, 5) is 36.9. The molecular weight excluding hydrogens is 411 g/mol. The van der Waals surface area contributed by atoms with E-state index in [1.165, 1.54) is 30.8 Å². The smallest absolute Gasteiger partial charge is 0.338 e. The number of fused-ring (bicyclic) bond motifs is 1. The van der Waals surface area contributed by atoms with Crippen LogP contribution in [0.2, 0.25) is 10.0 Å². The van der Waals surface area contributed by atoms with Crippen LogP contribution in [0.1, 0.15) is 17.3 Å². The second kappa shape index (κ2) is 8.21. The Labute approximate surface area is 169 Å². The molecule has 9 heteroatoms. The molecule has 0 bridgehead atoms. The Balaban J connectivity index is 1.66. The molecule has 2 amide bonds. The number of carbonyl (C=O) groups is 3. The van der Waals surface area contributed by atoms with Gasteiger partial charge in [0, 0.05) is 9.92 Å². The van der Waals surface area contributed by atoms with Crippen LogP contribution in [0.15, 0.2) is 41.3 Å². The van der Waals surface area contributed by atoms with Crippen molar-refractivity contribution >= 4 is 64.1 Å². The minimum absolute atomic E-state index is 0.135. The lowest BCUT2D eigenvalue weighted by atomic mass is 10.2. The standard InChI is InChI=1S/C18H14Cl2N2O4S/c1-9(17(24)22-13-7-11(19)3-4-12(13)20)26-18(25)10-2-5-15-14(6-10)21-16(23)8-27-15/h2-7,9H,8H2,1H3,(H,21,23)(H,22,24). The van der Waals surface area contributed by atoms with E-state index < -0.39 is 18.0 Å². The predicted octanol–water partition coefficient (Wildman–Crippen LogP) is 4.22. The third kappa shape index (κ3) is 4.74. The molecule has 2 aromatic rings. The van der Waals surface area contributed by atoms with E-state index in [-0.39, 0.29) is 11.5 Å². The van der Waals surface area contributed by atoms with E-state index in [1.54, 1.807) is 24.3 Å². The molecular formula is C18H14Cl2N2O4S. The molecule has 27 heavy (non-hydrogen) atoms. The summed E-state index contributed by atoms with van der Waals surface area (Å²) in [6.07, 6.45) is -1.06. The Hall–Kier alpha value is -2.22. The van der Waals surface area contributed by atoms with Crippen LogP contribution in [-0.4, -0.2) is 29.6 Å². The molecule has 2 aromatic carbocycles. The highest BCUT2D eigenvalue weighted by molar-refractivity contribution is 8.00. The van der Waals surface area contributed by atoms with Gasteiger partial charge in [0.2, 0.25) is 5.91 Å². The van der Waals surface area contributed by atoms with Gasteiger partial charge in [-0.2, -0.15) is 0 Å². The van der Waals surface area contributed by atoms with Crippen LogP contribution < -0.4 is 10.6 Å². The Kier molecular flexibility index (Phi) is 5.94. The number of hydrogen-bond acceptors (Lipinski definition) is 5. The zero-order valence-corrected chi connectivity index (χ0v) is 16.4. The molecule has 1 unspecified atom stereocenters. The Morgan fingerprint density at radius 3 is 2.78 bits per heavy atom. The maximum Gasteiger partial charge on any atom is 0.338 e. The molecule has 1 heterocycles. The normalized spacial score (nSPS) is 14.0. The first-order chi connectivity index (χ1) is 12.8. The van der Waals surface area contributed by atoms with Crippen LogP contribution in [-0.2, 0) is 14.3 Å². The highest BCUT2D eigenvalue weighted by Crippen LogP contribution is 2.32. The molecule has 140 valence electrons. The number of hydrogen-bond donors (Lipinski definition) is 2. The van der Waals surface area contributed by atoms with Gasteiger partial charge in [0.25, 0.3) is 5.91 Å². The van der Waals surface area contributed by atoms with Crippen LogP contribution in [0.25, 0.3) is 0 Å². The number of carbonyl (C=O) groups excluding carboxylic acids is 3. The summed E-state index contributed by atoms with van der Waals surface area (Å²) in [5.74, 6) is -1.03. The largest absolute Gasteiger partial charge is 0.449 e. The average molecular weight is 425 g/mol. The number of ether oxygens (including phenoxy) is 1. The van der Waals surface area contributed by atoms with Crippen molar-refractivity contribution in [3.63, 3.8) is 0 Å². The molecule has 1 aliphatic rings. The second-order valence-corrected chi connectivity index (χ2v) is 7.57. The van der Waals surface area contributed by atoms with E-state index in [4.69, 9.17) is 27.9 Å². The van der Waals surface area contributed by atoms with Crippen molar-refractivity contribution in [2.45, 2.75) is 17.9 Å². The van der Waals surface area contributed by atoms with E-state index in [9.17, 15) is 14.4 Å². The summed E-state index contributed by atoms with van der Waals surface area (Å²) >= 11 is 13.3. The summed E-state index contributed by atoms with van der Waals surface area (Å²) in [7, 11) is 0. The molecule has 1 atom stereocenters. The third-order valence-corrected chi connectivity index (χ3v) is 5.33. The van der Waals surface area contributed by atoms with Crippen molar-refractivity contribution in [1.82, 2.24) is 0 Å². The van der Waals surface area contributed by atoms with Crippen molar-refractivity contribution in [1.29, 1.82) is 0 Å². The fourth-order valence-electron chi connectivity index (χ4n) is 2.32. The lowest BCUT2D eigenvalue weighted by molar-refractivity contribution is -0.123. The molecule has 3 rings (SSSR count). The number of esters is 1. The number of amides is 2. The summed E-state index contributed by atoms with van der Waals surface area (Å²) in [5.41, 5.74) is 1.11. The Morgan fingerprint density at radius 1 is 1.22 bits per heavy atom. The topological polar surface area (TPSA) is 84.5 Å². The molecule has 0 aromatic heterocycles. The molecule has 1 aliphatic heterocycles. The van der Waals surface area contributed by atoms with E-state index in [0.717, 1.165) is 4.90 Å². The van der Waals surface area contributed by atoms with Gasteiger partial charge >= 0.3 is 5.97 Å². The monoisotopic (exact) mass is 424 g/mol. The predicted molar refractivity (Wildman–Crippen MR) is 106 cm³/mol. The molecule has 0 radical (unpaired) electrons. The molecule has 0 spiro atoms. The Morgan fingerprint density at radius 2 is 2.00 bits per heavy atom. The SMILES string of the molecule is CC(OC(=O)c1ccc2c(c1)NC(=O)CS2)C(=O)Nc1cc(Cl)ccc1Cl. The van der Waals surface area contributed by atoms with Crippen LogP contribution in [0.3, 0.4) is 0 Å². The fourth-order valence-corrected chi connectivity index (χ4v) is 3.45. The maximum absolute atomic E-state index is 12.3. The molecule has 0 fully saturated rings. The van der Waals surface area contributed by atoms with E-state index >= 15 is 0 Å². The van der Waals surface area contributed by atoms with Crippen molar-refractivity contribution in [2.24, 2.45) is 0 Å². The van der Waals surface area contributed by atoms with Gasteiger partial charge in [-0.25, -0.2) is 4.79 Å². The third-order valence-electron chi connectivity index (χ3n) is 3.69. The fraction of sp³-hybridized carbons (Fsp3) is 0.167. The molecule has 6 nitrogen and oxygen atoms in total. The van der Waals surface area contributed by atoms with Gasteiger partial charge in [0.15, 0.2) is 6.10 Å². The van der Waals surface area contributed by atoms with Gasteiger partial charge < -0.3 is 15.4 Å². The van der Waals surface area contributed by atoms with Crippen LogP contribution in [0, 0.1) is 0 Å². The Bertz CT molecular complexity index is 936. The van der Waals surface area contributed by atoms with Gasteiger partial charge in [-0.1, -0.05) is 23.2 Å². The van der Waals surface area contributed by atoms with Gasteiger partial charge in [0.1, 0.15) is 0 Å². The summed E-state index contributed by atoms with van der Waals surface area (Å²) in [5, 5.41) is 6.00. The first-order valence-corrected chi connectivity index (χ1v) is 9.61. The quantitative estimate of drug-likeness (QED) is 0.717. The van der Waals surface area contributed by atoms with E-state index in [2.05, 4.69) is 10.6 Å². The van der Waals surface area contributed by atoms with Gasteiger partial charge in [0.05, 0.1) is 27.7 Å². The van der Waals surface area contributed by atoms with E-state index in [0.29, 0.717) is 27.2 Å². The first kappa shape index (κ1) is 19.5. The highest BCUT2D eigenvalue weighted by atomic mass is 35.5. The first-order valence-electron chi connectivity index (χ1n) is 7.87. The number of nitrogens with one attached hydrogen (secondary N) is 2. The molecule has 0 aliphatic carbocycles. The van der Waals surface area contributed by atoms with Gasteiger partial charge in [-0.3, -0.25) is 9.59 Å². The number of benzene rings is 2. The zero-order valence-electron chi connectivity index (χ0n) is 14.0. The average Bonchev–Trinajstić information content (AvgIpc) is 2.63. The number of thioether (sulfide) groups is 1. The van der Waals surface area contributed by atoms with Gasteiger partial charge in [-0.05, 0) is 43.3 Å². The number of rotatable bonds is 4. The minimum atomic E-state index is -1.06.